The van der Waals surface area contributed by atoms with Crippen molar-refractivity contribution < 1.29 is 36.5 Å². The standard InChI is InChI=1S/C24H26F4N2O4S/c1-35(33)30(32)23(31)21-13-20(15-2-3-15)16(12-22(21)25)14-29-10-8-19(9-11-29)34-18-6-4-17(5-7-18)24(26,27)28/h4-7,12-13,15,19,32H,2-3,8-11,14H2,1H3. The molecule has 1 heterocycles. The molecule has 1 atom stereocenters. The molecule has 190 valence electrons. The number of benzene rings is 2. The second kappa shape index (κ2) is 10.2. The number of hydrogen-bond acceptors (Lipinski definition) is 5. The Morgan fingerprint density at radius 2 is 1.77 bits per heavy atom. The second-order valence-electron chi connectivity index (χ2n) is 8.92. The molecule has 11 heteroatoms. The SMILES string of the molecule is CS(=O)N(O)C(=O)c1cc(C2CC2)c(CN2CCC(Oc3ccc(C(F)(F)F)cc3)CC2)cc1F. The summed E-state index contributed by atoms with van der Waals surface area (Å²) in [6.07, 6.45) is -0.207. The molecule has 0 aromatic heterocycles. The van der Waals surface area contributed by atoms with Crippen molar-refractivity contribution in [2.24, 2.45) is 0 Å². The Hall–Kier alpha value is -2.50. The number of ether oxygens (including phenoxy) is 1. The molecule has 1 saturated carbocycles. The van der Waals surface area contributed by atoms with Gasteiger partial charge in [0.25, 0.3) is 5.91 Å². The van der Waals surface area contributed by atoms with Crippen molar-refractivity contribution >= 4 is 16.9 Å². The molecule has 1 aliphatic carbocycles. The van der Waals surface area contributed by atoms with Crippen LogP contribution in [0.3, 0.4) is 0 Å². The van der Waals surface area contributed by atoms with Crippen LogP contribution in [-0.2, 0) is 23.7 Å². The number of rotatable bonds is 7. The maximum absolute atomic E-state index is 14.8. The summed E-state index contributed by atoms with van der Waals surface area (Å²) in [5.41, 5.74) is 0.594. The first-order valence-electron chi connectivity index (χ1n) is 11.3. The van der Waals surface area contributed by atoms with Crippen LogP contribution in [0.1, 0.15) is 58.6 Å². The van der Waals surface area contributed by atoms with Crippen molar-refractivity contribution in [2.75, 3.05) is 19.3 Å². The van der Waals surface area contributed by atoms with Crippen LogP contribution in [0.15, 0.2) is 36.4 Å². The zero-order chi connectivity index (χ0) is 25.3. The molecule has 2 aromatic rings. The Kier molecular flexibility index (Phi) is 7.48. The molecule has 35 heavy (non-hydrogen) atoms. The molecular formula is C24H26F4N2O4S. The predicted octanol–water partition coefficient (Wildman–Crippen LogP) is 4.89. The van der Waals surface area contributed by atoms with E-state index in [9.17, 15) is 31.8 Å². The van der Waals surface area contributed by atoms with Crippen molar-refractivity contribution in [3.8, 4) is 5.75 Å². The minimum Gasteiger partial charge on any atom is -0.490 e. The van der Waals surface area contributed by atoms with E-state index in [0.29, 0.717) is 38.2 Å². The number of alkyl halides is 3. The third-order valence-electron chi connectivity index (χ3n) is 6.31. The summed E-state index contributed by atoms with van der Waals surface area (Å²) in [7, 11) is -1.98. The van der Waals surface area contributed by atoms with E-state index in [1.165, 1.54) is 24.3 Å². The number of nitrogens with zero attached hydrogens (tertiary/aromatic N) is 2. The number of amides is 1. The average Bonchev–Trinajstić information content (AvgIpc) is 3.64. The van der Waals surface area contributed by atoms with Gasteiger partial charge in [0.2, 0.25) is 0 Å². The van der Waals surface area contributed by atoms with Gasteiger partial charge >= 0.3 is 6.18 Å². The van der Waals surface area contributed by atoms with Crippen LogP contribution in [0.5, 0.6) is 5.75 Å². The summed E-state index contributed by atoms with van der Waals surface area (Å²) in [6, 6.07) is 7.43. The number of hydroxylamine groups is 1. The van der Waals surface area contributed by atoms with Crippen LogP contribution in [-0.4, -0.2) is 50.1 Å². The van der Waals surface area contributed by atoms with E-state index < -0.39 is 34.4 Å². The number of halogens is 4. The quantitative estimate of drug-likeness (QED) is 0.324. The monoisotopic (exact) mass is 514 g/mol. The van der Waals surface area contributed by atoms with E-state index in [1.807, 2.05) is 0 Å². The fourth-order valence-corrected chi connectivity index (χ4v) is 4.60. The molecule has 0 spiro atoms. The van der Waals surface area contributed by atoms with Crippen LogP contribution < -0.4 is 4.74 Å². The van der Waals surface area contributed by atoms with Crippen molar-refractivity contribution in [3.63, 3.8) is 0 Å². The molecule has 2 fully saturated rings. The highest BCUT2D eigenvalue weighted by Crippen LogP contribution is 2.43. The van der Waals surface area contributed by atoms with E-state index in [2.05, 4.69) is 4.90 Å². The molecule has 4 rings (SSSR count). The lowest BCUT2D eigenvalue weighted by Crippen LogP contribution is -2.38. The molecule has 1 unspecified atom stereocenters. The van der Waals surface area contributed by atoms with Gasteiger partial charge in [-0.15, -0.1) is 4.47 Å². The summed E-state index contributed by atoms with van der Waals surface area (Å²) in [4.78, 5) is 14.5. The third-order valence-corrected chi connectivity index (χ3v) is 6.96. The van der Waals surface area contributed by atoms with E-state index in [0.717, 1.165) is 42.4 Å². The van der Waals surface area contributed by atoms with Crippen LogP contribution in [0, 0.1) is 5.82 Å². The van der Waals surface area contributed by atoms with E-state index in [4.69, 9.17) is 4.74 Å². The molecule has 2 aromatic carbocycles. The Morgan fingerprint density at radius 3 is 2.31 bits per heavy atom. The van der Waals surface area contributed by atoms with Gasteiger partial charge in [-0.05, 0) is 79.1 Å². The van der Waals surface area contributed by atoms with Gasteiger partial charge < -0.3 is 4.74 Å². The van der Waals surface area contributed by atoms with Crippen molar-refractivity contribution in [1.82, 2.24) is 9.37 Å². The van der Waals surface area contributed by atoms with Crippen LogP contribution >= 0.6 is 0 Å². The molecular weight excluding hydrogens is 488 g/mol. The normalized spacial score (nSPS) is 18.3. The lowest BCUT2D eigenvalue weighted by atomic mass is 9.97. The minimum absolute atomic E-state index is 0.0240. The summed E-state index contributed by atoms with van der Waals surface area (Å²) in [6.45, 7) is 1.81. The smallest absolute Gasteiger partial charge is 0.416 e. The summed E-state index contributed by atoms with van der Waals surface area (Å²) < 4.78 is 70.2. The second-order valence-corrected chi connectivity index (χ2v) is 10.1. The zero-order valence-electron chi connectivity index (χ0n) is 19.1. The van der Waals surface area contributed by atoms with Gasteiger partial charge in [-0.3, -0.25) is 14.9 Å². The summed E-state index contributed by atoms with van der Waals surface area (Å²) in [5, 5.41) is 9.67. The number of carbonyl (C=O) groups is 1. The van der Waals surface area contributed by atoms with Gasteiger partial charge in [0, 0.05) is 25.9 Å². The molecule has 0 bridgehead atoms. The first-order valence-corrected chi connectivity index (χ1v) is 12.8. The van der Waals surface area contributed by atoms with E-state index in [1.54, 1.807) is 0 Å². The Morgan fingerprint density at radius 1 is 1.14 bits per heavy atom. The highest BCUT2D eigenvalue weighted by atomic mass is 32.2. The van der Waals surface area contributed by atoms with Gasteiger partial charge in [-0.25, -0.2) is 8.60 Å². The van der Waals surface area contributed by atoms with Gasteiger partial charge in [-0.2, -0.15) is 13.2 Å². The van der Waals surface area contributed by atoms with Crippen molar-refractivity contribution in [3.05, 3.63) is 64.5 Å². The number of piperidine rings is 1. The van der Waals surface area contributed by atoms with E-state index in [-0.39, 0.29) is 22.1 Å². The van der Waals surface area contributed by atoms with Crippen LogP contribution in [0.2, 0.25) is 0 Å². The van der Waals surface area contributed by atoms with Crippen LogP contribution in [0.25, 0.3) is 0 Å². The minimum atomic E-state index is -4.39. The highest BCUT2D eigenvalue weighted by molar-refractivity contribution is 7.82. The largest absolute Gasteiger partial charge is 0.490 e. The molecule has 1 amide bonds. The molecule has 2 aliphatic rings. The first kappa shape index (κ1) is 25.6. The topological polar surface area (TPSA) is 70.1 Å². The fraction of sp³-hybridized carbons (Fsp3) is 0.458. The van der Waals surface area contributed by atoms with Gasteiger partial charge in [0.05, 0.1) is 11.1 Å². The third kappa shape index (κ3) is 6.20. The number of hydrogen-bond donors (Lipinski definition) is 1. The number of carbonyl (C=O) groups excluding carboxylic acids is 1. The maximum Gasteiger partial charge on any atom is 0.416 e. The molecule has 6 nitrogen and oxygen atoms in total. The number of likely N-dealkylation sites (tertiary alicyclic amines) is 1. The Bertz CT molecular complexity index is 1100. The molecule has 1 N–H and O–H groups in total. The fourth-order valence-electron chi connectivity index (χ4n) is 4.27. The van der Waals surface area contributed by atoms with E-state index >= 15 is 0 Å². The Labute approximate surface area is 203 Å². The molecule has 1 aliphatic heterocycles. The van der Waals surface area contributed by atoms with Crippen molar-refractivity contribution in [2.45, 2.75) is 50.4 Å². The van der Waals surface area contributed by atoms with Gasteiger partial charge in [-0.1, -0.05) is 0 Å². The summed E-state index contributed by atoms with van der Waals surface area (Å²) >= 11 is 0. The summed E-state index contributed by atoms with van der Waals surface area (Å²) in [5.74, 6) is -1.21. The zero-order valence-corrected chi connectivity index (χ0v) is 19.9. The van der Waals surface area contributed by atoms with Crippen molar-refractivity contribution in [1.29, 1.82) is 0 Å². The lowest BCUT2D eigenvalue weighted by Gasteiger charge is -2.32. The first-order chi connectivity index (χ1) is 16.5. The molecule has 1 saturated heterocycles. The maximum atomic E-state index is 14.8. The Balaban J connectivity index is 1.38. The predicted molar refractivity (Wildman–Crippen MR) is 121 cm³/mol. The lowest BCUT2D eigenvalue weighted by molar-refractivity contribution is -0.137. The van der Waals surface area contributed by atoms with Gasteiger partial charge in [0.15, 0.2) is 0 Å². The van der Waals surface area contributed by atoms with Gasteiger partial charge in [0.1, 0.15) is 28.7 Å². The average molecular weight is 515 g/mol. The molecule has 0 radical (unpaired) electrons. The highest BCUT2D eigenvalue weighted by Gasteiger charge is 2.32. The van der Waals surface area contributed by atoms with Crippen LogP contribution in [0.4, 0.5) is 17.6 Å².